The molecule has 0 saturated carbocycles. The second kappa shape index (κ2) is 1.58. The van der Waals surface area contributed by atoms with Gasteiger partial charge in [0.05, 0.1) is 0 Å². The van der Waals surface area contributed by atoms with Gasteiger partial charge in [-0.15, -0.1) is 0 Å². The van der Waals surface area contributed by atoms with Crippen LogP contribution in [0.5, 0.6) is 0 Å². The highest BCUT2D eigenvalue weighted by Gasteiger charge is 2.04. The van der Waals surface area contributed by atoms with Crippen LogP contribution in [-0.2, 0) is 0 Å². The fraction of sp³-hybridized carbons (Fsp3) is 1.00. The molecule has 1 aliphatic heterocycles. The number of hydrogen-bond acceptors (Lipinski definition) is 2. The van der Waals surface area contributed by atoms with E-state index in [4.69, 9.17) is 0 Å². The molecule has 2 N–H and O–H groups in total. The smallest absolute Gasteiger partial charge is 0.0457 e. The fourth-order valence-corrected chi connectivity index (χ4v) is 0.607. The van der Waals surface area contributed by atoms with Crippen LogP contribution in [0.2, 0.25) is 0 Å². The van der Waals surface area contributed by atoms with Crippen LogP contribution in [-0.4, -0.2) is 19.3 Å². The van der Waals surface area contributed by atoms with Gasteiger partial charge in [0.25, 0.3) is 0 Å². The van der Waals surface area contributed by atoms with Crippen LogP contribution in [0.1, 0.15) is 6.92 Å². The summed E-state index contributed by atoms with van der Waals surface area (Å²) in [4.78, 5) is 0. The zero-order valence-corrected chi connectivity index (χ0v) is 3.99. The van der Waals surface area contributed by atoms with E-state index in [0.29, 0.717) is 6.04 Å². The molecule has 1 atom stereocenters. The van der Waals surface area contributed by atoms with Crippen molar-refractivity contribution in [3.63, 3.8) is 0 Å². The predicted molar refractivity (Wildman–Crippen MR) is 25.5 cm³/mol. The van der Waals surface area contributed by atoms with Gasteiger partial charge < -0.3 is 10.6 Å². The first-order chi connectivity index (χ1) is 2.89. The first kappa shape index (κ1) is 4.09. The summed E-state index contributed by atoms with van der Waals surface area (Å²) in [5, 5.41) is 6.37. The van der Waals surface area contributed by atoms with Crippen LogP contribution in [0.3, 0.4) is 0 Å². The molecule has 0 unspecified atom stereocenters. The molecular formula is C4H10N2. The summed E-state index contributed by atoms with van der Waals surface area (Å²) in [6.07, 6.45) is 0. The van der Waals surface area contributed by atoms with Gasteiger partial charge in [-0.25, -0.2) is 0 Å². The van der Waals surface area contributed by atoms with Gasteiger partial charge in [-0.2, -0.15) is 0 Å². The molecule has 0 aromatic heterocycles. The van der Waals surface area contributed by atoms with Crippen molar-refractivity contribution in [1.82, 2.24) is 10.6 Å². The van der Waals surface area contributed by atoms with Crippen LogP contribution >= 0.6 is 0 Å². The summed E-state index contributed by atoms with van der Waals surface area (Å²) in [5.74, 6) is 0. The van der Waals surface area contributed by atoms with Crippen molar-refractivity contribution in [2.75, 3.05) is 13.2 Å². The van der Waals surface area contributed by atoms with E-state index in [-0.39, 0.29) is 0 Å². The second-order valence-electron chi connectivity index (χ2n) is 1.74. The Kier molecular flexibility index (Phi) is 1.08. The molecule has 0 aromatic carbocycles. The number of hydrogen-bond donors (Lipinski definition) is 2. The molecule has 2 heteroatoms. The highest BCUT2D eigenvalue weighted by Crippen LogP contribution is 1.80. The van der Waals surface area contributed by atoms with Crippen LogP contribution in [0.15, 0.2) is 0 Å². The van der Waals surface area contributed by atoms with Crippen LogP contribution < -0.4 is 10.6 Å². The Balaban J connectivity index is 2.18. The largest absolute Gasteiger partial charge is 0.303 e. The predicted octanol–water partition coefficient (Wildman–Crippen LogP) is -0.475. The van der Waals surface area contributed by atoms with E-state index in [1.54, 1.807) is 0 Å². The lowest BCUT2D eigenvalue weighted by Gasteiger charge is -1.93. The summed E-state index contributed by atoms with van der Waals surface area (Å²) in [6.45, 7) is 4.28. The van der Waals surface area contributed by atoms with Crippen LogP contribution in [0.4, 0.5) is 0 Å². The van der Waals surface area contributed by atoms with Crippen molar-refractivity contribution in [2.24, 2.45) is 0 Å². The van der Waals surface area contributed by atoms with Gasteiger partial charge in [-0.05, 0) is 6.92 Å². The molecule has 6 heavy (non-hydrogen) atoms. The lowest BCUT2D eigenvalue weighted by Crippen LogP contribution is -2.18. The average molecular weight is 86.1 g/mol. The third-order valence-corrected chi connectivity index (χ3v) is 1.03. The average Bonchev–Trinajstić information content (AvgIpc) is 1.86. The SMILES string of the molecule is C[C@@H]1CNCN1. The van der Waals surface area contributed by atoms with Gasteiger partial charge in [0.15, 0.2) is 0 Å². The zero-order valence-electron chi connectivity index (χ0n) is 3.99. The Morgan fingerprint density at radius 1 is 1.67 bits per heavy atom. The molecule has 0 aliphatic carbocycles. The standard InChI is InChI=1S/C4H10N2/c1-4-2-5-3-6-4/h4-6H,2-3H2,1H3/t4-/m1/s1. The molecular weight excluding hydrogens is 76.1 g/mol. The molecule has 0 bridgehead atoms. The van der Waals surface area contributed by atoms with Crippen LogP contribution in [0.25, 0.3) is 0 Å². The summed E-state index contributed by atoms with van der Waals surface area (Å²) in [6, 6.07) is 0.685. The Morgan fingerprint density at radius 2 is 2.50 bits per heavy atom. The fourth-order valence-electron chi connectivity index (χ4n) is 0.607. The molecule has 0 radical (unpaired) electrons. The maximum Gasteiger partial charge on any atom is 0.0457 e. The molecule has 0 amide bonds. The second-order valence-corrected chi connectivity index (χ2v) is 1.74. The van der Waals surface area contributed by atoms with E-state index in [0.717, 1.165) is 13.2 Å². The normalized spacial score (nSPS) is 34.5. The van der Waals surface area contributed by atoms with E-state index in [9.17, 15) is 0 Å². The summed E-state index contributed by atoms with van der Waals surface area (Å²) >= 11 is 0. The van der Waals surface area contributed by atoms with E-state index in [1.807, 2.05) is 0 Å². The first-order valence-electron chi connectivity index (χ1n) is 2.33. The van der Waals surface area contributed by atoms with E-state index >= 15 is 0 Å². The Morgan fingerprint density at radius 3 is 2.67 bits per heavy atom. The molecule has 1 saturated heterocycles. The topological polar surface area (TPSA) is 24.1 Å². The highest BCUT2D eigenvalue weighted by molar-refractivity contribution is 4.68. The molecule has 36 valence electrons. The van der Waals surface area contributed by atoms with E-state index in [1.165, 1.54) is 0 Å². The molecule has 1 heterocycles. The summed E-state index contributed by atoms with van der Waals surface area (Å²) < 4.78 is 0. The Hall–Kier alpha value is -0.0800. The number of rotatable bonds is 0. The molecule has 1 rings (SSSR count). The van der Waals surface area contributed by atoms with E-state index in [2.05, 4.69) is 17.6 Å². The van der Waals surface area contributed by atoms with Crippen molar-refractivity contribution < 1.29 is 0 Å². The maximum atomic E-state index is 3.21. The van der Waals surface area contributed by atoms with Crippen molar-refractivity contribution in [2.45, 2.75) is 13.0 Å². The van der Waals surface area contributed by atoms with Crippen molar-refractivity contribution in [3.05, 3.63) is 0 Å². The van der Waals surface area contributed by atoms with Gasteiger partial charge >= 0.3 is 0 Å². The van der Waals surface area contributed by atoms with Crippen LogP contribution in [0, 0.1) is 0 Å². The molecule has 1 aliphatic rings. The lowest BCUT2D eigenvalue weighted by molar-refractivity contribution is 0.692. The molecule has 1 fully saturated rings. The summed E-state index contributed by atoms with van der Waals surface area (Å²) in [5.41, 5.74) is 0. The quantitative estimate of drug-likeness (QED) is 0.416. The van der Waals surface area contributed by atoms with Crippen molar-refractivity contribution in [3.8, 4) is 0 Å². The minimum Gasteiger partial charge on any atom is -0.303 e. The Bertz CT molecular complexity index is 38.8. The zero-order chi connectivity index (χ0) is 4.41. The van der Waals surface area contributed by atoms with Gasteiger partial charge in [0.1, 0.15) is 0 Å². The van der Waals surface area contributed by atoms with Gasteiger partial charge in [0, 0.05) is 19.3 Å². The first-order valence-corrected chi connectivity index (χ1v) is 2.33. The van der Waals surface area contributed by atoms with Gasteiger partial charge in [0.2, 0.25) is 0 Å². The van der Waals surface area contributed by atoms with Gasteiger partial charge in [-0.3, -0.25) is 0 Å². The Labute approximate surface area is 37.9 Å². The third-order valence-electron chi connectivity index (χ3n) is 1.03. The maximum absolute atomic E-state index is 3.21. The monoisotopic (exact) mass is 86.1 g/mol. The molecule has 0 aromatic rings. The highest BCUT2D eigenvalue weighted by atomic mass is 15.2. The molecule has 0 spiro atoms. The molecule has 2 nitrogen and oxygen atoms in total. The minimum absolute atomic E-state index is 0.685. The third kappa shape index (κ3) is 0.698. The summed E-state index contributed by atoms with van der Waals surface area (Å²) in [7, 11) is 0. The van der Waals surface area contributed by atoms with Gasteiger partial charge in [-0.1, -0.05) is 0 Å². The number of nitrogens with one attached hydrogen (secondary N) is 2. The minimum atomic E-state index is 0.685. The van der Waals surface area contributed by atoms with Crippen molar-refractivity contribution >= 4 is 0 Å². The van der Waals surface area contributed by atoms with Crippen molar-refractivity contribution in [1.29, 1.82) is 0 Å². The van der Waals surface area contributed by atoms with E-state index < -0.39 is 0 Å². The lowest BCUT2D eigenvalue weighted by atomic mass is 10.4.